The highest BCUT2D eigenvalue weighted by molar-refractivity contribution is 5.47. The molecule has 0 saturated heterocycles. The summed E-state index contributed by atoms with van der Waals surface area (Å²) in [5.41, 5.74) is 7.34. The molecular formula is C17H20FNO2. The summed E-state index contributed by atoms with van der Waals surface area (Å²) in [7, 11) is 1.58. The van der Waals surface area contributed by atoms with E-state index in [4.69, 9.17) is 15.2 Å². The van der Waals surface area contributed by atoms with E-state index in [0.717, 1.165) is 12.0 Å². The predicted molar refractivity (Wildman–Crippen MR) is 81.4 cm³/mol. The molecule has 112 valence electrons. The van der Waals surface area contributed by atoms with Crippen LogP contribution >= 0.6 is 0 Å². The van der Waals surface area contributed by atoms with Crippen LogP contribution in [-0.2, 0) is 6.42 Å². The summed E-state index contributed by atoms with van der Waals surface area (Å²) in [6.07, 6.45) is 0.904. The van der Waals surface area contributed by atoms with E-state index in [1.807, 2.05) is 18.2 Å². The molecule has 0 fully saturated rings. The topological polar surface area (TPSA) is 44.5 Å². The van der Waals surface area contributed by atoms with Crippen molar-refractivity contribution in [2.24, 2.45) is 5.73 Å². The normalized spacial score (nSPS) is 12.0. The fourth-order valence-corrected chi connectivity index (χ4v) is 2.18. The second kappa shape index (κ2) is 6.59. The van der Waals surface area contributed by atoms with Crippen molar-refractivity contribution in [2.45, 2.75) is 26.3 Å². The highest BCUT2D eigenvalue weighted by atomic mass is 19.1. The summed E-state index contributed by atoms with van der Waals surface area (Å²) in [4.78, 5) is 0. The van der Waals surface area contributed by atoms with Crippen molar-refractivity contribution in [3.63, 3.8) is 0 Å². The monoisotopic (exact) mass is 289 g/mol. The van der Waals surface area contributed by atoms with Crippen molar-refractivity contribution in [3.8, 4) is 17.2 Å². The fourth-order valence-electron chi connectivity index (χ4n) is 2.18. The number of nitrogens with two attached hydrogens (primary N) is 1. The third-order valence-corrected chi connectivity index (χ3v) is 3.32. The van der Waals surface area contributed by atoms with Gasteiger partial charge in [0.25, 0.3) is 0 Å². The van der Waals surface area contributed by atoms with Gasteiger partial charge in [0.1, 0.15) is 11.6 Å². The van der Waals surface area contributed by atoms with E-state index >= 15 is 0 Å². The van der Waals surface area contributed by atoms with Crippen LogP contribution in [0.2, 0.25) is 0 Å². The van der Waals surface area contributed by atoms with Crippen molar-refractivity contribution in [3.05, 3.63) is 53.3 Å². The average molecular weight is 289 g/mol. The maximum Gasteiger partial charge on any atom is 0.169 e. The lowest BCUT2D eigenvalue weighted by Crippen LogP contribution is -2.09. The molecule has 0 aliphatic heterocycles. The van der Waals surface area contributed by atoms with Crippen LogP contribution < -0.4 is 15.2 Å². The Balaban J connectivity index is 2.41. The van der Waals surface area contributed by atoms with Gasteiger partial charge in [-0.2, -0.15) is 0 Å². The average Bonchev–Trinajstić information content (AvgIpc) is 2.47. The number of hydrogen-bond acceptors (Lipinski definition) is 3. The Morgan fingerprint density at radius 2 is 1.90 bits per heavy atom. The standard InChI is InChI=1S/C17H20FNO2/c1-4-12-8-9-14(16(10-12)20-3)21-15-7-5-6-13(18)17(15)11(2)19/h5-11H,4,19H2,1-3H3/t11-/m0/s1. The van der Waals surface area contributed by atoms with Crippen LogP contribution in [0.5, 0.6) is 17.2 Å². The summed E-state index contributed by atoms with van der Waals surface area (Å²) < 4.78 is 25.1. The molecule has 0 aromatic heterocycles. The summed E-state index contributed by atoms with van der Waals surface area (Å²) in [5.74, 6) is 1.20. The fraction of sp³-hybridized carbons (Fsp3) is 0.294. The lowest BCUT2D eigenvalue weighted by atomic mass is 10.1. The predicted octanol–water partition coefficient (Wildman–Crippen LogP) is 4.21. The Morgan fingerprint density at radius 1 is 1.14 bits per heavy atom. The molecule has 1 atom stereocenters. The molecular weight excluding hydrogens is 269 g/mol. The second-order valence-electron chi connectivity index (χ2n) is 4.88. The van der Waals surface area contributed by atoms with Crippen LogP contribution in [0.15, 0.2) is 36.4 Å². The molecule has 0 amide bonds. The van der Waals surface area contributed by atoms with Crippen LogP contribution in [0.4, 0.5) is 4.39 Å². The van der Waals surface area contributed by atoms with Crippen LogP contribution in [0.25, 0.3) is 0 Å². The van der Waals surface area contributed by atoms with Gasteiger partial charge in [-0.15, -0.1) is 0 Å². The van der Waals surface area contributed by atoms with E-state index in [-0.39, 0.29) is 5.82 Å². The van der Waals surface area contributed by atoms with Gasteiger partial charge in [-0.05, 0) is 43.2 Å². The smallest absolute Gasteiger partial charge is 0.169 e. The molecule has 0 bridgehead atoms. The first kappa shape index (κ1) is 15.3. The highest BCUT2D eigenvalue weighted by Gasteiger charge is 2.16. The largest absolute Gasteiger partial charge is 0.493 e. The molecule has 0 heterocycles. The van der Waals surface area contributed by atoms with E-state index in [9.17, 15) is 4.39 Å². The third-order valence-electron chi connectivity index (χ3n) is 3.32. The molecule has 0 aliphatic rings. The van der Waals surface area contributed by atoms with Gasteiger partial charge in [-0.3, -0.25) is 0 Å². The Labute approximate surface area is 124 Å². The van der Waals surface area contributed by atoms with E-state index in [0.29, 0.717) is 22.8 Å². The van der Waals surface area contributed by atoms with Gasteiger partial charge < -0.3 is 15.2 Å². The zero-order valence-corrected chi connectivity index (χ0v) is 12.5. The van der Waals surface area contributed by atoms with Crippen LogP contribution in [0.1, 0.15) is 31.0 Å². The van der Waals surface area contributed by atoms with Gasteiger partial charge in [0.2, 0.25) is 0 Å². The first-order valence-electron chi connectivity index (χ1n) is 6.95. The molecule has 2 aromatic carbocycles. The lowest BCUT2D eigenvalue weighted by molar-refractivity contribution is 0.375. The van der Waals surface area contributed by atoms with Crippen LogP contribution in [0.3, 0.4) is 0 Å². The molecule has 0 aliphatic carbocycles. The first-order valence-corrected chi connectivity index (χ1v) is 6.95. The third kappa shape index (κ3) is 3.34. The van der Waals surface area contributed by atoms with Crippen molar-refractivity contribution in [2.75, 3.05) is 7.11 Å². The number of benzene rings is 2. The van der Waals surface area contributed by atoms with E-state index in [1.54, 1.807) is 26.2 Å². The van der Waals surface area contributed by atoms with Crippen LogP contribution in [-0.4, -0.2) is 7.11 Å². The van der Waals surface area contributed by atoms with Gasteiger partial charge in [-0.1, -0.05) is 19.1 Å². The molecule has 2 rings (SSSR count). The number of methoxy groups -OCH3 is 1. The molecule has 0 radical (unpaired) electrons. The molecule has 2 aromatic rings. The van der Waals surface area contributed by atoms with Crippen LogP contribution in [0, 0.1) is 5.82 Å². The van der Waals surface area contributed by atoms with E-state index in [1.165, 1.54) is 6.07 Å². The molecule has 4 heteroatoms. The lowest BCUT2D eigenvalue weighted by Gasteiger charge is -2.16. The quantitative estimate of drug-likeness (QED) is 0.896. The number of halogens is 1. The maximum absolute atomic E-state index is 13.9. The van der Waals surface area contributed by atoms with E-state index in [2.05, 4.69) is 6.92 Å². The summed E-state index contributed by atoms with van der Waals surface area (Å²) in [6.45, 7) is 3.79. The molecule has 21 heavy (non-hydrogen) atoms. The van der Waals surface area contributed by atoms with Gasteiger partial charge in [-0.25, -0.2) is 4.39 Å². The summed E-state index contributed by atoms with van der Waals surface area (Å²) >= 11 is 0. The Morgan fingerprint density at radius 3 is 2.52 bits per heavy atom. The Bertz CT molecular complexity index is 626. The van der Waals surface area contributed by atoms with Crippen molar-refractivity contribution < 1.29 is 13.9 Å². The van der Waals surface area contributed by atoms with Crippen molar-refractivity contribution >= 4 is 0 Å². The zero-order chi connectivity index (χ0) is 15.4. The molecule has 0 unspecified atom stereocenters. The minimum atomic E-state index is -0.456. The highest BCUT2D eigenvalue weighted by Crippen LogP contribution is 2.36. The van der Waals surface area contributed by atoms with Gasteiger partial charge in [0, 0.05) is 11.6 Å². The number of ether oxygens (including phenoxy) is 2. The summed E-state index contributed by atoms with van der Waals surface area (Å²) in [5, 5.41) is 0. The molecule has 3 nitrogen and oxygen atoms in total. The minimum absolute atomic E-state index is 0.360. The minimum Gasteiger partial charge on any atom is -0.493 e. The van der Waals surface area contributed by atoms with Gasteiger partial charge in [0.05, 0.1) is 7.11 Å². The zero-order valence-electron chi connectivity index (χ0n) is 12.5. The Hall–Kier alpha value is -2.07. The van der Waals surface area contributed by atoms with Gasteiger partial charge in [0.15, 0.2) is 11.5 Å². The van der Waals surface area contributed by atoms with E-state index < -0.39 is 6.04 Å². The summed E-state index contributed by atoms with van der Waals surface area (Å²) in [6, 6.07) is 9.93. The van der Waals surface area contributed by atoms with Gasteiger partial charge >= 0.3 is 0 Å². The van der Waals surface area contributed by atoms with Crippen molar-refractivity contribution in [1.29, 1.82) is 0 Å². The number of hydrogen-bond donors (Lipinski definition) is 1. The Kier molecular flexibility index (Phi) is 4.81. The maximum atomic E-state index is 13.9. The second-order valence-corrected chi connectivity index (χ2v) is 4.88. The molecule has 0 spiro atoms. The SMILES string of the molecule is CCc1ccc(Oc2cccc(F)c2[C@H](C)N)c(OC)c1. The molecule has 0 saturated carbocycles. The number of aryl methyl sites for hydroxylation is 1. The number of rotatable bonds is 5. The molecule has 2 N–H and O–H groups in total. The van der Waals surface area contributed by atoms with Crippen molar-refractivity contribution in [1.82, 2.24) is 0 Å². The first-order chi connectivity index (χ1) is 10.1.